The summed E-state index contributed by atoms with van der Waals surface area (Å²) in [5.41, 5.74) is 0.879. The van der Waals surface area contributed by atoms with Gasteiger partial charge in [-0.1, -0.05) is 5.16 Å². The van der Waals surface area contributed by atoms with Crippen LogP contribution in [0.4, 0.5) is 0 Å². The molecule has 1 aliphatic rings. The van der Waals surface area contributed by atoms with E-state index in [0.717, 1.165) is 0 Å². The zero-order chi connectivity index (χ0) is 16.2. The Kier molecular flexibility index (Phi) is 4.36. The first kappa shape index (κ1) is 15.2. The second-order valence-electron chi connectivity index (χ2n) is 5.60. The third kappa shape index (κ3) is 3.56. The van der Waals surface area contributed by atoms with Gasteiger partial charge >= 0.3 is 0 Å². The predicted octanol–water partition coefficient (Wildman–Crippen LogP) is 1.41. The fourth-order valence-corrected chi connectivity index (χ4v) is 2.62. The molecule has 1 aliphatic heterocycles. The molecule has 0 radical (unpaired) electrons. The standard InChI is InChI=1S/C16H18N4O3/c1-11-9-14(19-23-11)16(22)20-7-4-13(5-8-20)18-15(21)12-3-2-6-17-10-12/h2-3,6,9-10,13H,4-5,7-8H2,1H3,(H,18,21). The fourth-order valence-electron chi connectivity index (χ4n) is 2.62. The number of hydrogen-bond acceptors (Lipinski definition) is 5. The van der Waals surface area contributed by atoms with Crippen LogP contribution in [-0.4, -0.2) is 46.0 Å². The van der Waals surface area contributed by atoms with Gasteiger partial charge < -0.3 is 14.7 Å². The van der Waals surface area contributed by atoms with Crippen molar-refractivity contribution in [1.82, 2.24) is 20.4 Å². The predicted molar refractivity (Wildman–Crippen MR) is 81.9 cm³/mol. The smallest absolute Gasteiger partial charge is 0.276 e. The molecule has 0 aromatic carbocycles. The Morgan fingerprint density at radius 3 is 2.74 bits per heavy atom. The van der Waals surface area contributed by atoms with E-state index in [2.05, 4.69) is 15.5 Å². The molecule has 0 bridgehead atoms. The van der Waals surface area contributed by atoms with Crippen LogP contribution in [0.1, 0.15) is 39.4 Å². The van der Waals surface area contributed by atoms with Crippen molar-refractivity contribution in [3.8, 4) is 0 Å². The van der Waals surface area contributed by atoms with E-state index in [9.17, 15) is 9.59 Å². The topological polar surface area (TPSA) is 88.3 Å². The Balaban J connectivity index is 1.52. The largest absolute Gasteiger partial charge is 0.361 e. The normalized spacial score (nSPS) is 15.4. The number of carbonyl (C=O) groups is 2. The van der Waals surface area contributed by atoms with Gasteiger partial charge in [-0.3, -0.25) is 14.6 Å². The van der Waals surface area contributed by atoms with Crippen LogP contribution in [-0.2, 0) is 0 Å². The van der Waals surface area contributed by atoms with Crippen LogP contribution >= 0.6 is 0 Å². The molecule has 120 valence electrons. The van der Waals surface area contributed by atoms with E-state index >= 15 is 0 Å². The number of nitrogens with one attached hydrogen (secondary N) is 1. The van der Waals surface area contributed by atoms with Crippen LogP contribution in [0.5, 0.6) is 0 Å². The number of likely N-dealkylation sites (tertiary alicyclic amines) is 1. The first-order valence-corrected chi connectivity index (χ1v) is 7.57. The number of aromatic nitrogens is 2. The van der Waals surface area contributed by atoms with E-state index in [0.29, 0.717) is 42.9 Å². The zero-order valence-corrected chi connectivity index (χ0v) is 12.9. The van der Waals surface area contributed by atoms with Crippen LogP contribution < -0.4 is 5.32 Å². The molecular weight excluding hydrogens is 296 g/mol. The van der Waals surface area contributed by atoms with Crippen molar-refractivity contribution in [2.45, 2.75) is 25.8 Å². The zero-order valence-electron chi connectivity index (χ0n) is 12.9. The van der Waals surface area contributed by atoms with Gasteiger partial charge in [-0.25, -0.2) is 0 Å². The number of piperidine rings is 1. The van der Waals surface area contributed by atoms with Crippen LogP contribution in [0.3, 0.4) is 0 Å². The summed E-state index contributed by atoms with van der Waals surface area (Å²) in [6.45, 7) is 2.93. The molecule has 1 fully saturated rings. The second kappa shape index (κ2) is 6.60. The summed E-state index contributed by atoms with van der Waals surface area (Å²) in [6, 6.07) is 5.16. The molecule has 7 nitrogen and oxygen atoms in total. The minimum Gasteiger partial charge on any atom is -0.361 e. The van der Waals surface area contributed by atoms with Gasteiger partial charge in [-0.05, 0) is 31.9 Å². The molecule has 0 unspecified atom stereocenters. The summed E-state index contributed by atoms with van der Waals surface area (Å²) < 4.78 is 4.94. The van der Waals surface area contributed by atoms with Gasteiger partial charge in [0.2, 0.25) is 0 Å². The van der Waals surface area contributed by atoms with Gasteiger partial charge in [-0.15, -0.1) is 0 Å². The van der Waals surface area contributed by atoms with E-state index in [1.165, 1.54) is 0 Å². The van der Waals surface area contributed by atoms with Crippen molar-refractivity contribution in [2.75, 3.05) is 13.1 Å². The summed E-state index contributed by atoms with van der Waals surface area (Å²) >= 11 is 0. The summed E-state index contributed by atoms with van der Waals surface area (Å²) in [5, 5.41) is 6.74. The van der Waals surface area contributed by atoms with Crippen molar-refractivity contribution in [2.24, 2.45) is 0 Å². The minimum atomic E-state index is -0.130. The van der Waals surface area contributed by atoms with Crippen molar-refractivity contribution in [1.29, 1.82) is 0 Å². The second-order valence-corrected chi connectivity index (χ2v) is 5.60. The van der Waals surface area contributed by atoms with E-state index in [1.54, 1.807) is 42.4 Å². The highest BCUT2D eigenvalue weighted by Crippen LogP contribution is 2.14. The Morgan fingerprint density at radius 1 is 1.35 bits per heavy atom. The van der Waals surface area contributed by atoms with Gasteiger partial charge in [-0.2, -0.15) is 0 Å². The lowest BCUT2D eigenvalue weighted by atomic mass is 10.0. The van der Waals surface area contributed by atoms with Crippen molar-refractivity contribution < 1.29 is 14.1 Å². The number of aryl methyl sites for hydroxylation is 1. The minimum absolute atomic E-state index is 0.0609. The lowest BCUT2D eigenvalue weighted by Crippen LogP contribution is -2.46. The van der Waals surface area contributed by atoms with E-state index < -0.39 is 0 Å². The molecule has 0 saturated carbocycles. The summed E-state index contributed by atoms with van der Waals surface area (Å²) in [4.78, 5) is 30.0. The lowest BCUT2D eigenvalue weighted by Gasteiger charge is -2.31. The van der Waals surface area contributed by atoms with E-state index in [4.69, 9.17) is 4.52 Å². The molecule has 2 aromatic rings. The summed E-state index contributed by atoms with van der Waals surface area (Å²) in [7, 11) is 0. The van der Waals surface area contributed by atoms with E-state index in [1.807, 2.05) is 0 Å². The molecule has 2 aromatic heterocycles. The monoisotopic (exact) mass is 314 g/mol. The molecule has 2 amide bonds. The number of carbonyl (C=O) groups excluding carboxylic acids is 2. The molecular formula is C16H18N4O3. The molecule has 3 heterocycles. The number of amides is 2. The average molecular weight is 314 g/mol. The number of pyridine rings is 1. The Bertz CT molecular complexity index is 690. The first-order chi connectivity index (χ1) is 11.1. The fraction of sp³-hybridized carbons (Fsp3) is 0.375. The molecule has 0 atom stereocenters. The Morgan fingerprint density at radius 2 is 2.13 bits per heavy atom. The van der Waals surface area contributed by atoms with Crippen LogP contribution in [0.2, 0.25) is 0 Å². The maximum absolute atomic E-state index is 12.3. The number of nitrogens with zero attached hydrogens (tertiary/aromatic N) is 3. The van der Waals surface area contributed by atoms with Crippen molar-refractivity contribution in [3.05, 3.63) is 47.6 Å². The van der Waals surface area contributed by atoms with E-state index in [-0.39, 0.29) is 17.9 Å². The quantitative estimate of drug-likeness (QED) is 0.925. The van der Waals surface area contributed by atoms with Crippen LogP contribution in [0, 0.1) is 6.92 Å². The third-order valence-electron chi connectivity index (χ3n) is 3.89. The van der Waals surface area contributed by atoms with Gasteiger partial charge in [0.25, 0.3) is 11.8 Å². The SMILES string of the molecule is Cc1cc(C(=O)N2CCC(NC(=O)c3cccnc3)CC2)no1. The molecule has 0 aliphatic carbocycles. The highest BCUT2D eigenvalue weighted by atomic mass is 16.5. The highest BCUT2D eigenvalue weighted by molar-refractivity contribution is 5.94. The lowest BCUT2D eigenvalue weighted by molar-refractivity contribution is 0.0688. The van der Waals surface area contributed by atoms with Crippen molar-refractivity contribution >= 4 is 11.8 Å². The Labute approximate surface area is 133 Å². The molecule has 0 spiro atoms. The number of rotatable bonds is 3. The average Bonchev–Trinajstić information content (AvgIpc) is 3.02. The molecule has 23 heavy (non-hydrogen) atoms. The van der Waals surface area contributed by atoms with Gasteiger partial charge in [0, 0.05) is 37.6 Å². The number of hydrogen-bond donors (Lipinski definition) is 1. The first-order valence-electron chi connectivity index (χ1n) is 7.57. The molecule has 7 heteroatoms. The van der Waals surface area contributed by atoms with Crippen LogP contribution in [0.15, 0.2) is 35.1 Å². The van der Waals surface area contributed by atoms with Gasteiger partial charge in [0.05, 0.1) is 5.56 Å². The van der Waals surface area contributed by atoms with Gasteiger partial charge in [0.15, 0.2) is 5.69 Å². The maximum Gasteiger partial charge on any atom is 0.276 e. The molecule has 1 N–H and O–H groups in total. The molecule has 1 saturated heterocycles. The molecule has 3 rings (SSSR count). The third-order valence-corrected chi connectivity index (χ3v) is 3.89. The van der Waals surface area contributed by atoms with Gasteiger partial charge in [0.1, 0.15) is 5.76 Å². The Hall–Kier alpha value is -2.70. The summed E-state index contributed by atoms with van der Waals surface area (Å²) in [6.07, 6.45) is 4.61. The van der Waals surface area contributed by atoms with Crippen LogP contribution in [0.25, 0.3) is 0 Å². The maximum atomic E-state index is 12.3. The highest BCUT2D eigenvalue weighted by Gasteiger charge is 2.26. The summed E-state index contributed by atoms with van der Waals surface area (Å²) in [5.74, 6) is 0.362. The van der Waals surface area contributed by atoms with Crippen molar-refractivity contribution in [3.63, 3.8) is 0 Å².